The van der Waals surface area contributed by atoms with Gasteiger partial charge in [0.2, 0.25) is 5.91 Å². The van der Waals surface area contributed by atoms with E-state index in [4.69, 9.17) is 5.73 Å². The van der Waals surface area contributed by atoms with E-state index in [1.807, 2.05) is 0 Å². The minimum atomic E-state index is -3.42. The van der Waals surface area contributed by atoms with Crippen LogP contribution in [-0.2, 0) is 14.6 Å². The molecule has 3 N–H and O–H groups in total. The van der Waals surface area contributed by atoms with Gasteiger partial charge < -0.3 is 11.1 Å². The van der Waals surface area contributed by atoms with Crippen molar-refractivity contribution in [1.82, 2.24) is 0 Å². The molecule has 0 bridgehead atoms. The number of rotatable bonds is 3. The fourth-order valence-electron chi connectivity index (χ4n) is 1.28. The Morgan fingerprint density at radius 1 is 1.47 bits per heavy atom. The third-order valence-electron chi connectivity index (χ3n) is 1.97. The minimum absolute atomic E-state index is 0.117. The van der Waals surface area contributed by atoms with Crippen molar-refractivity contribution in [2.45, 2.75) is 0 Å². The van der Waals surface area contributed by atoms with Gasteiger partial charge in [-0.15, -0.1) is 0 Å². The molecule has 1 rings (SSSR count). The molecule has 0 aromatic heterocycles. The second-order valence-corrected chi connectivity index (χ2v) is 5.96. The molecule has 0 saturated carbocycles. The second-order valence-electron chi connectivity index (χ2n) is 3.82. The molecular formula is C12H13FN2O3S. The molecule has 0 heterocycles. The first-order valence-corrected chi connectivity index (χ1v) is 7.34. The molecule has 7 heteroatoms. The number of carbonyl (C=O) groups is 1. The van der Waals surface area contributed by atoms with E-state index in [0.29, 0.717) is 0 Å². The smallest absolute Gasteiger partial charge is 0.239 e. The number of nitrogens with one attached hydrogen (secondary N) is 1. The molecular weight excluding hydrogens is 271 g/mol. The van der Waals surface area contributed by atoms with Crippen molar-refractivity contribution >= 4 is 21.4 Å². The zero-order valence-corrected chi connectivity index (χ0v) is 11.1. The van der Waals surface area contributed by atoms with Gasteiger partial charge in [-0.1, -0.05) is 11.8 Å². The van der Waals surface area contributed by atoms with E-state index in [9.17, 15) is 17.6 Å². The SMILES string of the molecule is CS(=O)(=O)CC(=O)Nc1ccc(C#CCN)c(F)c1. The van der Waals surface area contributed by atoms with E-state index in [-0.39, 0.29) is 17.8 Å². The Kier molecular flexibility index (Phi) is 5.03. The molecule has 19 heavy (non-hydrogen) atoms. The van der Waals surface area contributed by atoms with Crippen LogP contribution >= 0.6 is 0 Å². The topological polar surface area (TPSA) is 89.3 Å². The van der Waals surface area contributed by atoms with Crippen LogP contribution in [0, 0.1) is 17.7 Å². The summed E-state index contributed by atoms with van der Waals surface area (Å²) < 4.78 is 35.4. The van der Waals surface area contributed by atoms with Gasteiger partial charge in [0.05, 0.1) is 12.1 Å². The summed E-state index contributed by atoms with van der Waals surface area (Å²) in [5, 5.41) is 2.29. The first-order valence-electron chi connectivity index (χ1n) is 5.28. The first kappa shape index (κ1) is 15.1. The van der Waals surface area contributed by atoms with Crippen molar-refractivity contribution < 1.29 is 17.6 Å². The lowest BCUT2D eigenvalue weighted by atomic mass is 10.2. The van der Waals surface area contributed by atoms with Crippen molar-refractivity contribution in [3.63, 3.8) is 0 Å². The molecule has 0 aliphatic carbocycles. The lowest BCUT2D eigenvalue weighted by Crippen LogP contribution is -2.21. The fourth-order valence-corrected chi connectivity index (χ4v) is 1.82. The fraction of sp³-hybridized carbons (Fsp3) is 0.250. The minimum Gasteiger partial charge on any atom is -0.325 e. The highest BCUT2D eigenvalue weighted by atomic mass is 32.2. The summed E-state index contributed by atoms with van der Waals surface area (Å²) in [6.07, 6.45) is 0.943. The molecule has 0 fully saturated rings. The summed E-state index contributed by atoms with van der Waals surface area (Å²) in [5.41, 5.74) is 5.50. The van der Waals surface area contributed by atoms with Crippen molar-refractivity contribution in [3.8, 4) is 11.8 Å². The van der Waals surface area contributed by atoms with E-state index in [2.05, 4.69) is 17.2 Å². The molecule has 0 aliphatic heterocycles. The maximum atomic E-state index is 13.5. The highest BCUT2D eigenvalue weighted by Crippen LogP contribution is 2.13. The Balaban J connectivity index is 2.82. The second kappa shape index (κ2) is 6.31. The molecule has 5 nitrogen and oxygen atoms in total. The number of carbonyl (C=O) groups excluding carboxylic acids is 1. The largest absolute Gasteiger partial charge is 0.325 e. The van der Waals surface area contributed by atoms with Gasteiger partial charge in [0.1, 0.15) is 11.6 Å². The number of hydrogen-bond donors (Lipinski definition) is 2. The molecule has 1 aromatic rings. The van der Waals surface area contributed by atoms with E-state index in [0.717, 1.165) is 12.3 Å². The van der Waals surface area contributed by atoms with Crippen LogP contribution < -0.4 is 11.1 Å². The molecule has 0 saturated heterocycles. The molecule has 1 amide bonds. The lowest BCUT2D eigenvalue weighted by Gasteiger charge is -2.05. The number of halogens is 1. The lowest BCUT2D eigenvalue weighted by molar-refractivity contribution is -0.113. The van der Waals surface area contributed by atoms with Crippen LogP contribution in [0.4, 0.5) is 10.1 Å². The maximum Gasteiger partial charge on any atom is 0.239 e. The van der Waals surface area contributed by atoms with E-state index in [1.165, 1.54) is 12.1 Å². The quantitative estimate of drug-likeness (QED) is 0.771. The summed E-state index contributed by atoms with van der Waals surface area (Å²) in [6.45, 7) is 0.117. The van der Waals surface area contributed by atoms with Crippen LogP contribution in [0.15, 0.2) is 18.2 Å². The maximum absolute atomic E-state index is 13.5. The molecule has 0 aliphatic rings. The van der Waals surface area contributed by atoms with Gasteiger partial charge in [0.25, 0.3) is 0 Å². The van der Waals surface area contributed by atoms with Gasteiger partial charge in [-0.25, -0.2) is 12.8 Å². The number of nitrogens with two attached hydrogens (primary N) is 1. The first-order chi connectivity index (χ1) is 8.81. The van der Waals surface area contributed by atoms with Crippen molar-refractivity contribution in [2.24, 2.45) is 5.73 Å². The Hall–Kier alpha value is -1.91. The molecule has 0 atom stereocenters. The Labute approximate surface area is 110 Å². The number of sulfone groups is 1. The van der Waals surface area contributed by atoms with E-state index < -0.39 is 27.3 Å². The number of hydrogen-bond acceptors (Lipinski definition) is 4. The molecule has 0 radical (unpaired) electrons. The van der Waals surface area contributed by atoms with E-state index >= 15 is 0 Å². The Morgan fingerprint density at radius 3 is 2.68 bits per heavy atom. The van der Waals surface area contributed by atoms with Crippen LogP contribution in [0.1, 0.15) is 5.56 Å². The number of anilines is 1. The highest BCUT2D eigenvalue weighted by Gasteiger charge is 2.11. The van der Waals surface area contributed by atoms with Crippen LogP contribution in [-0.4, -0.2) is 32.9 Å². The number of benzene rings is 1. The van der Waals surface area contributed by atoms with Gasteiger partial charge in [-0.3, -0.25) is 4.79 Å². The third kappa shape index (κ3) is 5.50. The standard InChI is InChI=1S/C12H13FN2O3S/c1-19(17,18)8-12(16)15-10-5-4-9(3-2-6-14)11(13)7-10/h4-5,7H,6,8,14H2,1H3,(H,15,16). The van der Waals surface area contributed by atoms with E-state index in [1.54, 1.807) is 0 Å². The van der Waals surface area contributed by atoms with Crippen LogP contribution in [0.3, 0.4) is 0 Å². The average Bonchev–Trinajstić information content (AvgIpc) is 2.25. The zero-order chi connectivity index (χ0) is 14.5. The Morgan fingerprint density at radius 2 is 2.16 bits per heavy atom. The Bertz CT molecular complexity index is 645. The predicted molar refractivity (Wildman–Crippen MR) is 70.7 cm³/mol. The normalized spacial score (nSPS) is 10.5. The van der Waals surface area contributed by atoms with Crippen molar-refractivity contribution in [2.75, 3.05) is 23.9 Å². The molecule has 102 valence electrons. The highest BCUT2D eigenvalue weighted by molar-refractivity contribution is 7.91. The molecule has 0 spiro atoms. The van der Waals surface area contributed by atoms with Gasteiger partial charge in [0.15, 0.2) is 9.84 Å². The van der Waals surface area contributed by atoms with Crippen molar-refractivity contribution in [1.29, 1.82) is 0 Å². The van der Waals surface area contributed by atoms with Gasteiger partial charge in [-0.05, 0) is 18.2 Å². The monoisotopic (exact) mass is 284 g/mol. The summed E-state index contributed by atoms with van der Waals surface area (Å²) >= 11 is 0. The van der Waals surface area contributed by atoms with Crippen molar-refractivity contribution in [3.05, 3.63) is 29.6 Å². The van der Waals surface area contributed by atoms with Gasteiger partial charge in [-0.2, -0.15) is 0 Å². The molecule has 0 unspecified atom stereocenters. The van der Waals surface area contributed by atoms with Crippen LogP contribution in [0.2, 0.25) is 0 Å². The average molecular weight is 284 g/mol. The summed E-state index contributed by atoms with van der Waals surface area (Å²) in [4.78, 5) is 11.3. The molecule has 1 aromatic carbocycles. The number of amides is 1. The third-order valence-corrected chi connectivity index (χ3v) is 2.76. The van der Waals surface area contributed by atoms with Gasteiger partial charge in [0, 0.05) is 11.9 Å². The van der Waals surface area contributed by atoms with Gasteiger partial charge >= 0.3 is 0 Å². The predicted octanol–water partition coefficient (Wildman–Crippen LogP) is 0.119. The zero-order valence-electron chi connectivity index (χ0n) is 10.2. The summed E-state index contributed by atoms with van der Waals surface area (Å²) in [5.74, 6) is 3.06. The summed E-state index contributed by atoms with van der Waals surface area (Å²) in [7, 11) is -3.42. The summed E-state index contributed by atoms with van der Waals surface area (Å²) in [6, 6.07) is 3.89. The van der Waals surface area contributed by atoms with Crippen LogP contribution in [0.25, 0.3) is 0 Å². The van der Waals surface area contributed by atoms with Crippen LogP contribution in [0.5, 0.6) is 0 Å².